The molecule has 4 rings (SSSR count). The van der Waals surface area contributed by atoms with Crippen LogP contribution in [0.5, 0.6) is 11.5 Å². The fourth-order valence-corrected chi connectivity index (χ4v) is 5.88. The normalized spacial score (nSPS) is 23.9. The molecule has 1 fully saturated rings. The monoisotopic (exact) mass is 444 g/mol. The summed E-state index contributed by atoms with van der Waals surface area (Å²) in [6, 6.07) is 13.5. The maximum atomic E-state index is 13.0. The van der Waals surface area contributed by atoms with Gasteiger partial charge >= 0.3 is 0 Å². The molecule has 1 N–H and O–H groups in total. The van der Waals surface area contributed by atoms with Crippen molar-refractivity contribution in [2.75, 3.05) is 26.2 Å². The number of nitrogens with zero attached hydrogens (tertiary/aromatic N) is 1. The molecule has 2 aromatic rings. The lowest BCUT2D eigenvalue weighted by Crippen LogP contribution is -2.42. The molecule has 8 heteroatoms. The molecule has 0 saturated carbocycles. The number of nitrogens with one attached hydrogen (secondary N) is 1. The standard InChI is InChI=1S/C23H28N2O5S/c1-16-11-17(2)14-25(13-16)31(27,28)20-9-7-18(8-10-20)23(26)24-12-19-15-29-21-5-3-4-6-22(21)30-19/h3-10,16-17,19H,11-15H2,1-2H3,(H,24,26). The lowest BCUT2D eigenvalue weighted by Gasteiger charge is -2.34. The van der Waals surface area contributed by atoms with E-state index in [9.17, 15) is 13.2 Å². The third-order valence-electron chi connectivity index (χ3n) is 5.65. The number of carbonyl (C=O) groups excluding carboxylic acids is 1. The third kappa shape index (κ3) is 4.85. The van der Waals surface area contributed by atoms with Gasteiger partial charge in [0.1, 0.15) is 12.7 Å². The zero-order valence-corrected chi connectivity index (χ0v) is 18.6. The van der Waals surface area contributed by atoms with Gasteiger partial charge in [-0.3, -0.25) is 4.79 Å². The van der Waals surface area contributed by atoms with Crippen molar-refractivity contribution < 1.29 is 22.7 Å². The van der Waals surface area contributed by atoms with Gasteiger partial charge < -0.3 is 14.8 Å². The number of para-hydroxylation sites is 2. The first-order chi connectivity index (χ1) is 14.8. The van der Waals surface area contributed by atoms with Crippen LogP contribution in [-0.4, -0.2) is 51.0 Å². The number of carbonyl (C=O) groups is 1. The number of fused-ring (bicyclic) bond motifs is 1. The average molecular weight is 445 g/mol. The summed E-state index contributed by atoms with van der Waals surface area (Å²) in [5.74, 6) is 1.73. The molecule has 0 bridgehead atoms. The second-order valence-electron chi connectivity index (χ2n) is 8.50. The molecule has 2 aliphatic rings. The summed E-state index contributed by atoms with van der Waals surface area (Å²) in [5, 5.41) is 2.83. The molecule has 1 amide bonds. The van der Waals surface area contributed by atoms with E-state index < -0.39 is 10.0 Å². The number of sulfonamides is 1. The van der Waals surface area contributed by atoms with E-state index in [0.717, 1.165) is 6.42 Å². The molecule has 3 atom stereocenters. The van der Waals surface area contributed by atoms with Crippen molar-refractivity contribution in [1.82, 2.24) is 9.62 Å². The molecule has 2 heterocycles. The lowest BCUT2D eigenvalue weighted by atomic mass is 9.94. The van der Waals surface area contributed by atoms with Gasteiger partial charge in [-0.25, -0.2) is 8.42 Å². The van der Waals surface area contributed by atoms with Crippen LogP contribution in [0.15, 0.2) is 53.4 Å². The highest BCUT2D eigenvalue weighted by atomic mass is 32.2. The predicted octanol–water partition coefficient (Wildman–Crippen LogP) is 2.92. The van der Waals surface area contributed by atoms with E-state index in [1.165, 1.54) is 12.1 Å². The van der Waals surface area contributed by atoms with Gasteiger partial charge in [-0.05, 0) is 54.7 Å². The highest BCUT2D eigenvalue weighted by Gasteiger charge is 2.31. The summed E-state index contributed by atoms with van der Waals surface area (Å²) < 4.78 is 39.0. The smallest absolute Gasteiger partial charge is 0.251 e. The van der Waals surface area contributed by atoms with Crippen LogP contribution in [0.3, 0.4) is 0 Å². The molecule has 0 radical (unpaired) electrons. The maximum Gasteiger partial charge on any atom is 0.251 e. The summed E-state index contributed by atoms with van der Waals surface area (Å²) in [4.78, 5) is 12.7. The zero-order valence-electron chi connectivity index (χ0n) is 17.8. The number of hydrogen-bond acceptors (Lipinski definition) is 5. The van der Waals surface area contributed by atoms with Crippen LogP contribution < -0.4 is 14.8 Å². The first-order valence-electron chi connectivity index (χ1n) is 10.6. The Kier molecular flexibility index (Phi) is 6.20. The van der Waals surface area contributed by atoms with Crippen LogP contribution in [0.25, 0.3) is 0 Å². The van der Waals surface area contributed by atoms with Gasteiger partial charge in [0.2, 0.25) is 10.0 Å². The first-order valence-corrected chi connectivity index (χ1v) is 12.0. The molecule has 2 aromatic carbocycles. The fraction of sp³-hybridized carbons (Fsp3) is 0.435. The zero-order chi connectivity index (χ0) is 22.0. The molecular weight excluding hydrogens is 416 g/mol. The minimum Gasteiger partial charge on any atom is -0.486 e. The highest BCUT2D eigenvalue weighted by molar-refractivity contribution is 7.89. The maximum absolute atomic E-state index is 13.0. The van der Waals surface area contributed by atoms with Crippen molar-refractivity contribution in [3.8, 4) is 11.5 Å². The Bertz CT molecular complexity index is 1030. The van der Waals surface area contributed by atoms with E-state index in [-0.39, 0.29) is 23.5 Å². The van der Waals surface area contributed by atoms with Gasteiger partial charge in [0.25, 0.3) is 5.91 Å². The third-order valence-corrected chi connectivity index (χ3v) is 7.49. The Labute approximate surface area is 183 Å². The number of hydrogen-bond donors (Lipinski definition) is 1. The Hall–Kier alpha value is -2.58. The summed E-state index contributed by atoms with van der Waals surface area (Å²) in [5.41, 5.74) is 0.399. The summed E-state index contributed by atoms with van der Waals surface area (Å²) >= 11 is 0. The first kappa shape index (κ1) is 21.6. The Morgan fingerprint density at radius 3 is 2.35 bits per heavy atom. The van der Waals surface area contributed by atoms with Gasteiger partial charge in [0.05, 0.1) is 11.4 Å². The molecule has 0 aromatic heterocycles. The fourth-order valence-electron chi connectivity index (χ4n) is 4.20. The van der Waals surface area contributed by atoms with Gasteiger partial charge in [0.15, 0.2) is 11.5 Å². The number of benzene rings is 2. The minimum atomic E-state index is -3.56. The van der Waals surface area contributed by atoms with Gasteiger partial charge in [-0.2, -0.15) is 4.31 Å². The molecule has 166 valence electrons. The highest BCUT2D eigenvalue weighted by Crippen LogP contribution is 2.30. The van der Waals surface area contributed by atoms with Gasteiger partial charge in [-0.15, -0.1) is 0 Å². The quantitative estimate of drug-likeness (QED) is 0.767. The van der Waals surface area contributed by atoms with E-state index in [0.29, 0.717) is 48.6 Å². The van der Waals surface area contributed by atoms with E-state index in [2.05, 4.69) is 19.2 Å². The van der Waals surface area contributed by atoms with Crippen LogP contribution in [-0.2, 0) is 10.0 Å². The molecule has 31 heavy (non-hydrogen) atoms. The summed E-state index contributed by atoms with van der Waals surface area (Å²) in [6.45, 7) is 5.84. The Morgan fingerprint density at radius 1 is 1.03 bits per heavy atom. The van der Waals surface area contributed by atoms with Crippen molar-refractivity contribution in [2.45, 2.75) is 31.3 Å². The number of piperidine rings is 1. The molecule has 7 nitrogen and oxygen atoms in total. The van der Waals surface area contributed by atoms with E-state index in [1.54, 1.807) is 16.4 Å². The molecule has 1 saturated heterocycles. The Balaban J connectivity index is 1.36. The van der Waals surface area contributed by atoms with Crippen molar-refractivity contribution in [3.63, 3.8) is 0 Å². The van der Waals surface area contributed by atoms with Crippen LogP contribution in [0, 0.1) is 11.8 Å². The van der Waals surface area contributed by atoms with Gasteiger partial charge in [0, 0.05) is 18.7 Å². The minimum absolute atomic E-state index is 0.214. The van der Waals surface area contributed by atoms with Crippen molar-refractivity contribution in [2.24, 2.45) is 11.8 Å². The largest absolute Gasteiger partial charge is 0.486 e. The molecule has 0 spiro atoms. The topological polar surface area (TPSA) is 84.9 Å². The van der Waals surface area contributed by atoms with E-state index >= 15 is 0 Å². The van der Waals surface area contributed by atoms with E-state index in [1.807, 2.05) is 24.3 Å². The van der Waals surface area contributed by atoms with Crippen LogP contribution >= 0.6 is 0 Å². The second kappa shape index (κ2) is 8.88. The molecular formula is C23H28N2O5S. The molecule has 0 aliphatic carbocycles. The molecule has 3 unspecified atom stereocenters. The van der Waals surface area contributed by atoms with Crippen molar-refractivity contribution in [3.05, 3.63) is 54.1 Å². The Morgan fingerprint density at radius 2 is 1.68 bits per heavy atom. The van der Waals surface area contributed by atoms with Gasteiger partial charge in [-0.1, -0.05) is 26.0 Å². The van der Waals surface area contributed by atoms with Crippen LogP contribution in [0.1, 0.15) is 30.6 Å². The van der Waals surface area contributed by atoms with Crippen molar-refractivity contribution >= 4 is 15.9 Å². The summed E-state index contributed by atoms with van der Waals surface area (Å²) in [6.07, 6.45) is 0.744. The van der Waals surface area contributed by atoms with Crippen LogP contribution in [0.4, 0.5) is 0 Å². The van der Waals surface area contributed by atoms with Crippen LogP contribution in [0.2, 0.25) is 0 Å². The molecule has 2 aliphatic heterocycles. The lowest BCUT2D eigenvalue weighted by molar-refractivity contribution is 0.0789. The number of ether oxygens (including phenoxy) is 2. The average Bonchev–Trinajstić information content (AvgIpc) is 2.76. The summed E-state index contributed by atoms with van der Waals surface area (Å²) in [7, 11) is -3.56. The SMILES string of the molecule is CC1CC(C)CN(S(=O)(=O)c2ccc(C(=O)NCC3COc4ccccc4O3)cc2)C1. The number of amides is 1. The second-order valence-corrected chi connectivity index (χ2v) is 10.4. The predicted molar refractivity (Wildman–Crippen MR) is 117 cm³/mol. The number of rotatable bonds is 5. The van der Waals surface area contributed by atoms with Crippen molar-refractivity contribution in [1.29, 1.82) is 0 Å². The van der Waals surface area contributed by atoms with E-state index in [4.69, 9.17) is 9.47 Å².